The van der Waals surface area contributed by atoms with Gasteiger partial charge in [0.05, 0.1) is 0 Å². The highest BCUT2D eigenvalue weighted by Gasteiger charge is 2.25. The maximum Gasteiger partial charge on any atom is 0.279 e. The molecule has 2 N–H and O–H groups in total. The van der Waals surface area contributed by atoms with Gasteiger partial charge in [-0.3, -0.25) is 0 Å². The Balaban J connectivity index is 2.25. The molecule has 1 aliphatic heterocycles. The van der Waals surface area contributed by atoms with Crippen LogP contribution in [-0.4, -0.2) is 45.4 Å². The number of nitrogens with zero attached hydrogens (tertiary/aromatic N) is 1. The van der Waals surface area contributed by atoms with Crippen molar-refractivity contribution in [2.75, 3.05) is 32.7 Å². The summed E-state index contributed by atoms with van der Waals surface area (Å²) in [4.78, 5) is 0. The van der Waals surface area contributed by atoms with E-state index in [1.165, 1.54) is 0 Å². The van der Waals surface area contributed by atoms with Gasteiger partial charge in [0, 0.05) is 26.2 Å². The minimum Gasteiger partial charge on any atom is -0.315 e. The molecule has 0 saturated carbocycles. The Bertz CT molecular complexity index is 298. The lowest BCUT2D eigenvalue weighted by atomic mass is 10.0. The van der Waals surface area contributed by atoms with Crippen LogP contribution in [0.1, 0.15) is 33.1 Å². The Labute approximate surface area is 105 Å². The molecule has 0 amide bonds. The van der Waals surface area contributed by atoms with Crippen molar-refractivity contribution in [1.82, 2.24) is 14.3 Å². The Hall–Kier alpha value is -0.170. The third kappa shape index (κ3) is 5.33. The van der Waals surface area contributed by atoms with Gasteiger partial charge in [-0.25, -0.2) is 4.72 Å². The van der Waals surface area contributed by atoms with Gasteiger partial charge in [-0.15, -0.1) is 0 Å². The van der Waals surface area contributed by atoms with Crippen LogP contribution in [0.4, 0.5) is 0 Å². The Morgan fingerprint density at radius 2 is 1.82 bits per heavy atom. The van der Waals surface area contributed by atoms with E-state index in [0.29, 0.717) is 32.1 Å². The average Bonchev–Trinajstić information content (AvgIpc) is 2.29. The van der Waals surface area contributed by atoms with Crippen molar-refractivity contribution in [3.05, 3.63) is 0 Å². The van der Waals surface area contributed by atoms with Crippen LogP contribution in [0.3, 0.4) is 0 Å². The fourth-order valence-electron chi connectivity index (χ4n) is 1.89. The molecule has 0 atom stereocenters. The van der Waals surface area contributed by atoms with Gasteiger partial charge in [0.1, 0.15) is 0 Å². The van der Waals surface area contributed by atoms with Crippen LogP contribution in [0.2, 0.25) is 0 Å². The van der Waals surface area contributed by atoms with Crippen LogP contribution < -0.4 is 10.0 Å². The second-order valence-corrected chi connectivity index (χ2v) is 6.49. The van der Waals surface area contributed by atoms with E-state index in [1.807, 2.05) is 0 Å². The summed E-state index contributed by atoms with van der Waals surface area (Å²) in [6.07, 6.45) is 3.00. The predicted octanol–water partition coefficient (Wildman–Crippen LogP) is 0.552. The lowest BCUT2D eigenvalue weighted by Gasteiger charge is -2.29. The highest BCUT2D eigenvalue weighted by Crippen LogP contribution is 2.17. The third-order valence-corrected chi connectivity index (χ3v) is 4.71. The number of hydrogen-bond acceptors (Lipinski definition) is 3. The monoisotopic (exact) mass is 263 g/mol. The van der Waals surface area contributed by atoms with Gasteiger partial charge in [0.15, 0.2) is 0 Å². The summed E-state index contributed by atoms with van der Waals surface area (Å²) >= 11 is 0. The van der Waals surface area contributed by atoms with E-state index in [2.05, 4.69) is 23.9 Å². The zero-order chi connectivity index (χ0) is 12.7. The molecule has 1 heterocycles. The molecule has 1 rings (SSSR count). The molecular weight excluding hydrogens is 238 g/mol. The van der Waals surface area contributed by atoms with Gasteiger partial charge in [0.2, 0.25) is 0 Å². The molecule has 0 bridgehead atoms. The topological polar surface area (TPSA) is 61.4 Å². The summed E-state index contributed by atoms with van der Waals surface area (Å²) < 4.78 is 28.0. The molecule has 17 heavy (non-hydrogen) atoms. The Morgan fingerprint density at radius 3 is 2.41 bits per heavy atom. The van der Waals surface area contributed by atoms with Crippen molar-refractivity contribution in [1.29, 1.82) is 0 Å². The maximum absolute atomic E-state index is 11.9. The molecule has 0 unspecified atom stereocenters. The van der Waals surface area contributed by atoms with Crippen LogP contribution in [0.15, 0.2) is 0 Å². The quantitative estimate of drug-likeness (QED) is 0.660. The molecule has 0 radical (unpaired) electrons. The van der Waals surface area contributed by atoms with Crippen LogP contribution in [-0.2, 0) is 10.2 Å². The first-order valence-electron chi connectivity index (χ1n) is 6.51. The second kappa shape index (κ2) is 7.31. The van der Waals surface area contributed by atoms with Crippen molar-refractivity contribution < 1.29 is 8.42 Å². The van der Waals surface area contributed by atoms with Crippen molar-refractivity contribution in [2.45, 2.75) is 33.1 Å². The first-order chi connectivity index (χ1) is 8.06. The average molecular weight is 263 g/mol. The third-order valence-electron chi connectivity index (χ3n) is 3.10. The first-order valence-corrected chi connectivity index (χ1v) is 7.95. The molecule has 5 nitrogen and oxygen atoms in total. The van der Waals surface area contributed by atoms with Gasteiger partial charge >= 0.3 is 0 Å². The largest absolute Gasteiger partial charge is 0.315 e. The van der Waals surface area contributed by atoms with Crippen molar-refractivity contribution in [3.63, 3.8) is 0 Å². The van der Waals surface area contributed by atoms with E-state index >= 15 is 0 Å². The van der Waals surface area contributed by atoms with E-state index in [9.17, 15) is 8.42 Å². The van der Waals surface area contributed by atoms with Crippen LogP contribution in [0.5, 0.6) is 0 Å². The smallest absolute Gasteiger partial charge is 0.279 e. The minimum absolute atomic E-state index is 0.467. The molecule has 1 saturated heterocycles. The highest BCUT2D eigenvalue weighted by molar-refractivity contribution is 7.87. The molecule has 1 fully saturated rings. The fourth-order valence-corrected chi connectivity index (χ4v) is 3.12. The molecule has 0 aromatic heterocycles. The normalized spacial score (nSPS) is 19.6. The van der Waals surface area contributed by atoms with E-state index < -0.39 is 10.2 Å². The second-order valence-electron chi connectivity index (χ2n) is 4.73. The fraction of sp³-hybridized carbons (Fsp3) is 1.00. The van der Waals surface area contributed by atoms with E-state index in [1.54, 1.807) is 4.31 Å². The summed E-state index contributed by atoms with van der Waals surface area (Å²) in [7, 11) is -3.25. The zero-order valence-electron chi connectivity index (χ0n) is 10.9. The SMILES string of the molecule is CCCNCCNS(=O)(=O)N1CCC(C)CC1. The lowest BCUT2D eigenvalue weighted by Crippen LogP contribution is -2.46. The molecule has 0 aromatic rings. The molecule has 1 aliphatic rings. The molecule has 102 valence electrons. The molecular formula is C11H25N3O2S. The van der Waals surface area contributed by atoms with E-state index in [0.717, 1.165) is 25.8 Å². The predicted molar refractivity (Wildman–Crippen MR) is 70.1 cm³/mol. The van der Waals surface area contributed by atoms with Gasteiger partial charge < -0.3 is 5.32 Å². The van der Waals surface area contributed by atoms with Crippen LogP contribution in [0.25, 0.3) is 0 Å². The van der Waals surface area contributed by atoms with E-state index in [-0.39, 0.29) is 0 Å². The Morgan fingerprint density at radius 1 is 1.18 bits per heavy atom. The van der Waals surface area contributed by atoms with Gasteiger partial charge in [0.25, 0.3) is 10.2 Å². The number of piperidine rings is 1. The number of hydrogen-bond donors (Lipinski definition) is 2. The van der Waals surface area contributed by atoms with Gasteiger partial charge in [-0.1, -0.05) is 13.8 Å². The summed E-state index contributed by atoms with van der Waals surface area (Å²) in [6.45, 7) is 7.66. The molecule has 0 spiro atoms. The standard InChI is InChI=1S/C11H25N3O2S/c1-3-6-12-7-8-13-17(15,16)14-9-4-11(2)5-10-14/h11-13H,3-10H2,1-2H3. The molecule has 0 aromatic carbocycles. The summed E-state index contributed by atoms with van der Waals surface area (Å²) in [5.41, 5.74) is 0. The van der Waals surface area contributed by atoms with Crippen molar-refractivity contribution in [3.8, 4) is 0 Å². The maximum atomic E-state index is 11.9. The van der Waals surface area contributed by atoms with Crippen LogP contribution >= 0.6 is 0 Å². The number of rotatable bonds is 7. The molecule has 0 aliphatic carbocycles. The van der Waals surface area contributed by atoms with Gasteiger partial charge in [-0.05, 0) is 31.7 Å². The van der Waals surface area contributed by atoms with Crippen molar-refractivity contribution in [2.24, 2.45) is 5.92 Å². The van der Waals surface area contributed by atoms with Crippen LogP contribution in [0, 0.1) is 5.92 Å². The van der Waals surface area contributed by atoms with Crippen molar-refractivity contribution >= 4 is 10.2 Å². The summed E-state index contributed by atoms with van der Waals surface area (Å²) in [6, 6.07) is 0. The highest BCUT2D eigenvalue weighted by atomic mass is 32.2. The first kappa shape index (κ1) is 14.9. The minimum atomic E-state index is -3.25. The Kier molecular flexibility index (Phi) is 6.40. The number of nitrogens with one attached hydrogen (secondary N) is 2. The van der Waals surface area contributed by atoms with E-state index in [4.69, 9.17) is 0 Å². The summed E-state index contributed by atoms with van der Waals surface area (Å²) in [5, 5.41) is 3.17. The lowest BCUT2D eigenvalue weighted by molar-refractivity contribution is 0.285. The molecule has 6 heteroatoms. The van der Waals surface area contributed by atoms with Gasteiger partial charge in [-0.2, -0.15) is 12.7 Å². The zero-order valence-corrected chi connectivity index (χ0v) is 11.7. The summed E-state index contributed by atoms with van der Waals surface area (Å²) in [5.74, 6) is 0.646.